The molecule has 0 bridgehead atoms. The first-order valence-electron chi connectivity index (χ1n) is 22.5. The summed E-state index contributed by atoms with van der Waals surface area (Å²) in [5, 5.41) is 39.6. The number of aliphatic carboxylic acids is 1. The minimum atomic E-state index is -0.974. The Kier molecular flexibility index (Phi) is 11.1. The molecule has 12 rings (SSSR count). The third-order valence-electron chi connectivity index (χ3n) is 12.4. The predicted octanol–water partition coefficient (Wildman–Crippen LogP) is 3.96. The first kappa shape index (κ1) is 43.2. The maximum absolute atomic E-state index is 11.7. The molecule has 0 unspecified atom stereocenters. The third kappa shape index (κ3) is 8.37. The average molecular weight is 940 g/mol. The predicted molar refractivity (Wildman–Crippen MR) is 262 cm³/mol. The molecule has 2 saturated heterocycles. The van der Waals surface area contributed by atoms with Gasteiger partial charge in [-0.1, -0.05) is 36.4 Å². The lowest BCUT2D eigenvalue weighted by Crippen LogP contribution is -2.47. The smallest absolute Gasteiger partial charge is 0.323 e. The second-order valence-corrected chi connectivity index (χ2v) is 16.9. The van der Waals surface area contributed by atoms with E-state index in [0.717, 1.165) is 59.4 Å². The topological polar surface area (TPSA) is 257 Å². The van der Waals surface area contributed by atoms with Crippen LogP contribution in [-0.4, -0.2) is 138 Å². The molecular formula is C48H45N17O5. The Morgan fingerprint density at radius 3 is 1.33 bits per heavy atom. The van der Waals surface area contributed by atoms with Gasteiger partial charge < -0.3 is 49.8 Å². The number of imidazole rings is 2. The van der Waals surface area contributed by atoms with Crippen LogP contribution in [0.1, 0.15) is 0 Å². The molecule has 2 aliphatic rings. The number of nitrogens with two attached hydrogens (primary N) is 1. The number of primary amides is 1. The lowest BCUT2D eigenvalue weighted by atomic mass is 10.2. The first-order valence-corrected chi connectivity index (χ1v) is 22.5. The van der Waals surface area contributed by atoms with E-state index in [1.54, 1.807) is 56.9 Å². The second-order valence-electron chi connectivity index (χ2n) is 16.9. The van der Waals surface area contributed by atoms with Crippen molar-refractivity contribution in [3.05, 3.63) is 122 Å². The summed E-state index contributed by atoms with van der Waals surface area (Å²) in [5.41, 5.74) is 11.4. The van der Waals surface area contributed by atoms with Crippen molar-refractivity contribution in [1.82, 2.24) is 58.6 Å². The summed E-state index contributed by atoms with van der Waals surface area (Å²) in [6.45, 7) is 5.53. The number of rotatable bonds is 10. The fourth-order valence-corrected chi connectivity index (χ4v) is 8.90. The minimum absolute atomic E-state index is 0.0269. The van der Waals surface area contributed by atoms with Gasteiger partial charge in [-0.2, -0.15) is 30.1 Å². The average Bonchev–Trinajstić information content (AvgIpc) is 4.20. The molecule has 352 valence electrons. The number of aromatic hydroxyl groups is 2. The van der Waals surface area contributed by atoms with Crippen LogP contribution in [0.3, 0.4) is 0 Å². The number of nitrogens with zero attached hydrogens (tertiary/aromatic N) is 16. The Morgan fingerprint density at radius 1 is 0.514 bits per heavy atom. The number of hydrogen-bond donors (Lipinski definition) is 4. The number of benzene rings is 4. The highest BCUT2D eigenvalue weighted by molar-refractivity contribution is 5.88. The van der Waals surface area contributed by atoms with Crippen molar-refractivity contribution < 1.29 is 24.9 Å². The largest absolute Gasteiger partial charge is 0.508 e. The van der Waals surface area contributed by atoms with Gasteiger partial charge in [-0.15, -0.1) is 0 Å². The molecule has 5 N–H and O–H groups in total. The van der Waals surface area contributed by atoms with Gasteiger partial charge in [0.25, 0.3) is 0 Å². The molecule has 0 saturated carbocycles. The summed E-state index contributed by atoms with van der Waals surface area (Å²) in [6, 6.07) is 30.1. The number of carbonyl (C=O) groups is 2. The van der Waals surface area contributed by atoms with E-state index in [9.17, 15) is 24.9 Å². The molecule has 70 heavy (non-hydrogen) atoms. The molecule has 10 aromatic rings. The van der Waals surface area contributed by atoms with Crippen LogP contribution in [0.25, 0.3) is 55.8 Å². The van der Waals surface area contributed by atoms with Gasteiger partial charge in [0, 0.05) is 74.5 Å². The monoisotopic (exact) mass is 939 g/mol. The lowest BCUT2D eigenvalue weighted by molar-refractivity contribution is -0.137. The van der Waals surface area contributed by atoms with Crippen LogP contribution in [0.4, 0.5) is 23.3 Å². The summed E-state index contributed by atoms with van der Waals surface area (Å²) in [6.07, 6.45) is 6.61. The van der Waals surface area contributed by atoms with E-state index >= 15 is 0 Å². The summed E-state index contributed by atoms with van der Waals surface area (Å²) in [4.78, 5) is 60.0. The molecule has 4 aromatic carbocycles. The summed E-state index contributed by atoms with van der Waals surface area (Å²) in [5.74, 6) is 1.15. The normalized spacial score (nSPS) is 14.2. The Morgan fingerprint density at radius 2 is 0.914 bits per heavy atom. The van der Waals surface area contributed by atoms with Crippen LogP contribution in [0, 0.1) is 0 Å². The van der Waals surface area contributed by atoms with Crippen molar-refractivity contribution in [2.75, 3.05) is 72.0 Å². The molecule has 22 heteroatoms. The van der Waals surface area contributed by atoms with E-state index in [0.29, 0.717) is 72.0 Å². The summed E-state index contributed by atoms with van der Waals surface area (Å²) in [7, 11) is 0. The van der Waals surface area contributed by atoms with Gasteiger partial charge in [0.2, 0.25) is 17.8 Å². The number of amides is 1. The highest BCUT2D eigenvalue weighted by atomic mass is 16.4. The Hall–Kier alpha value is -9.34. The molecule has 1 amide bonds. The van der Waals surface area contributed by atoms with Gasteiger partial charge in [-0.25, -0.2) is 19.3 Å². The van der Waals surface area contributed by atoms with Crippen LogP contribution < -0.4 is 25.3 Å². The van der Waals surface area contributed by atoms with Crippen molar-refractivity contribution in [3.8, 4) is 23.1 Å². The number of fused-ring (bicyclic) bond motifs is 4. The van der Waals surface area contributed by atoms with E-state index in [-0.39, 0.29) is 24.6 Å². The molecule has 0 atom stereocenters. The molecular weight excluding hydrogens is 895 g/mol. The zero-order chi connectivity index (χ0) is 47.9. The molecule has 8 heterocycles. The van der Waals surface area contributed by atoms with Gasteiger partial charge in [-0.3, -0.25) is 9.59 Å². The molecule has 0 spiro atoms. The van der Waals surface area contributed by atoms with E-state index in [4.69, 9.17) is 25.7 Å². The maximum Gasteiger partial charge on any atom is 0.323 e. The van der Waals surface area contributed by atoms with Gasteiger partial charge in [0.05, 0.1) is 36.1 Å². The zero-order valence-electron chi connectivity index (χ0n) is 37.5. The van der Waals surface area contributed by atoms with Crippen LogP contribution >= 0.6 is 0 Å². The fraction of sp³-hybridized carbons (Fsp3) is 0.208. The number of carbonyl (C=O) groups excluding carboxylic acids is 1. The number of anilines is 4. The zero-order valence-corrected chi connectivity index (χ0v) is 37.5. The van der Waals surface area contributed by atoms with E-state index in [2.05, 4.69) is 39.8 Å². The Balaban J connectivity index is 0.000000152. The third-order valence-corrected chi connectivity index (χ3v) is 12.4. The standard InChI is InChI=1S/C24H23N9O2.C24H22N8O3/c25-20(35)14-32-15-26-21-22(32)28-24(29-23(21)33-19-4-2-1-3-16(19)13-27-33)31-11-9-30(10-12-31)17-5-7-18(34)8-6-17;33-18-7-5-17(6-8-18)29-9-11-30(12-10-29)24-27-22-21(25-15-31(22)14-20(34)35)23(28-24)32-19-4-2-1-3-16(19)13-26-32/h1-8,13,15,34H,9-12,14H2,(H2,25,35);1-8,13,15,33H,9-12,14H2,(H,34,35). The van der Waals surface area contributed by atoms with Gasteiger partial charge in [0.15, 0.2) is 34.0 Å². The number of phenols is 2. The SMILES string of the molecule is NC(=O)Cn1cnc2c(-n3ncc4ccccc43)nc(N3CCN(c4ccc(O)cc4)CC3)nc21.O=C(O)Cn1cnc2c(-n3ncc4ccccc43)nc(N3CCN(c4ccc(O)cc4)CC3)nc21. The van der Waals surface area contributed by atoms with Crippen LogP contribution in [0.15, 0.2) is 122 Å². The first-order chi connectivity index (χ1) is 34.1. The summed E-state index contributed by atoms with van der Waals surface area (Å²) < 4.78 is 6.65. The fourth-order valence-electron chi connectivity index (χ4n) is 8.90. The van der Waals surface area contributed by atoms with Crippen molar-refractivity contribution in [2.45, 2.75) is 13.1 Å². The second kappa shape index (κ2) is 18.0. The highest BCUT2D eigenvalue weighted by Gasteiger charge is 2.26. The minimum Gasteiger partial charge on any atom is -0.508 e. The van der Waals surface area contributed by atoms with E-state index < -0.39 is 11.9 Å². The van der Waals surface area contributed by atoms with Gasteiger partial charge >= 0.3 is 5.97 Å². The Bertz CT molecular complexity index is 3300. The summed E-state index contributed by atoms with van der Waals surface area (Å²) >= 11 is 0. The number of piperazine rings is 2. The van der Waals surface area contributed by atoms with Crippen molar-refractivity contribution in [1.29, 1.82) is 0 Å². The van der Waals surface area contributed by atoms with Gasteiger partial charge in [0.1, 0.15) is 24.6 Å². The quantitative estimate of drug-likeness (QED) is 0.151. The Labute approximate surface area is 397 Å². The number of para-hydroxylation sites is 2. The highest BCUT2D eigenvalue weighted by Crippen LogP contribution is 2.29. The van der Waals surface area contributed by atoms with Crippen molar-refractivity contribution in [3.63, 3.8) is 0 Å². The molecule has 0 aliphatic carbocycles. The number of hydrogen-bond acceptors (Lipinski definition) is 16. The van der Waals surface area contributed by atoms with Crippen LogP contribution in [0.5, 0.6) is 11.5 Å². The van der Waals surface area contributed by atoms with E-state index in [1.165, 1.54) is 10.9 Å². The van der Waals surface area contributed by atoms with Crippen molar-refractivity contribution >= 4 is 79.3 Å². The van der Waals surface area contributed by atoms with Crippen LogP contribution in [-0.2, 0) is 22.7 Å². The molecule has 6 aromatic heterocycles. The van der Waals surface area contributed by atoms with Gasteiger partial charge in [-0.05, 0) is 60.7 Å². The van der Waals surface area contributed by atoms with Crippen molar-refractivity contribution in [2.24, 2.45) is 5.73 Å². The number of phenolic OH excluding ortho intramolecular Hbond substituents is 2. The number of carboxylic acid groups (broad SMARTS) is 1. The lowest BCUT2D eigenvalue weighted by Gasteiger charge is -2.36. The maximum atomic E-state index is 11.7. The molecule has 2 fully saturated rings. The molecule has 22 nitrogen and oxygen atoms in total. The molecule has 2 aliphatic heterocycles. The van der Waals surface area contributed by atoms with E-state index in [1.807, 2.05) is 72.8 Å². The van der Waals surface area contributed by atoms with Crippen LogP contribution in [0.2, 0.25) is 0 Å². The number of aromatic nitrogens is 12. The number of carboxylic acids is 1. The molecule has 0 radical (unpaired) electrons.